The van der Waals surface area contributed by atoms with E-state index in [1.807, 2.05) is 48.2 Å². The molecule has 3 aromatic rings. The average molecular weight is 542 g/mol. The van der Waals surface area contributed by atoms with Crippen LogP contribution in [0.1, 0.15) is 39.1 Å². The first kappa shape index (κ1) is 27.1. The van der Waals surface area contributed by atoms with Crippen LogP contribution in [0.5, 0.6) is 5.75 Å². The smallest absolute Gasteiger partial charge is 0.321 e. The van der Waals surface area contributed by atoms with Gasteiger partial charge in [0, 0.05) is 61.9 Å². The standard InChI is InChI=1S/C31H35N5O4/c1-22-5-9-24(10-6-22)33-31(39)36-19-17-34(18-20-36)28-14-11-25(21-27(28)30(38)35-15-3-4-16-35)32-29(37)23-7-12-26(40-2)13-8-23/h5-14,21H,3-4,15-20H2,1-2H3,(H,32,37)(H,33,39). The Labute approximate surface area is 234 Å². The summed E-state index contributed by atoms with van der Waals surface area (Å²) in [5.74, 6) is 0.378. The molecule has 2 aliphatic rings. The number of rotatable bonds is 6. The summed E-state index contributed by atoms with van der Waals surface area (Å²) in [5, 5.41) is 5.90. The van der Waals surface area contributed by atoms with Gasteiger partial charge in [-0.1, -0.05) is 17.7 Å². The second-order valence-electron chi connectivity index (χ2n) is 10.2. The molecule has 2 aliphatic heterocycles. The minimum absolute atomic E-state index is 0.0346. The van der Waals surface area contributed by atoms with Crippen molar-refractivity contribution in [2.75, 3.05) is 61.9 Å². The number of nitrogens with zero attached hydrogens (tertiary/aromatic N) is 3. The second-order valence-corrected chi connectivity index (χ2v) is 10.2. The van der Waals surface area contributed by atoms with Crippen molar-refractivity contribution in [3.8, 4) is 5.75 Å². The Bertz CT molecular complexity index is 1360. The van der Waals surface area contributed by atoms with E-state index in [2.05, 4.69) is 15.5 Å². The molecule has 40 heavy (non-hydrogen) atoms. The molecular formula is C31H35N5O4. The highest BCUT2D eigenvalue weighted by Gasteiger charge is 2.27. The van der Waals surface area contributed by atoms with Crippen LogP contribution in [-0.2, 0) is 0 Å². The molecule has 2 heterocycles. The quantitative estimate of drug-likeness (QED) is 0.466. The van der Waals surface area contributed by atoms with Gasteiger partial charge in [-0.2, -0.15) is 0 Å². The predicted molar refractivity (Wildman–Crippen MR) is 157 cm³/mol. The molecule has 5 rings (SSSR count). The highest BCUT2D eigenvalue weighted by Crippen LogP contribution is 2.29. The molecule has 9 heteroatoms. The number of likely N-dealkylation sites (tertiary alicyclic amines) is 1. The zero-order valence-electron chi connectivity index (χ0n) is 23.0. The first-order chi connectivity index (χ1) is 19.4. The lowest BCUT2D eigenvalue weighted by molar-refractivity contribution is 0.0792. The minimum Gasteiger partial charge on any atom is -0.497 e. The van der Waals surface area contributed by atoms with Gasteiger partial charge in [0.25, 0.3) is 11.8 Å². The van der Waals surface area contributed by atoms with E-state index in [9.17, 15) is 14.4 Å². The molecule has 0 bridgehead atoms. The Kier molecular flexibility index (Phi) is 8.19. The lowest BCUT2D eigenvalue weighted by Crippen LogP contribution is -2.50. The molecule has 0 unspecified atom stereocenters. The number of amides is 4. The fourth-order valence-corrected chi connectivity index (χ4v) is 5.09. The van der Waals surface area contributed by atoms with E-state index < -0.39 is 0 Å². The van der Waals surface area contributed by atoms with Crippen molar-refractivity contribution in [3.63, 3.8) is 0 Å². The van der Waals surface area contributed by atoms with E-state index in [4.69, 9.17) is 4.74 Å². The maximum absolute atomic E-state index is 13.6. The Morgan fingerprint density at radius 1 is 0.725 bits per heavy atom. The largest absolute Gasteiger partial charge is 0.497 e. The lowest BCUT2D eigenvalue weighted by Gasteiger charge is -2.37. The molecule has 0 radical (unpaired) electrons. The topological polar surface area (TPSA) is 94.2 Å². The lowest BCUT2D eigenvalue weighted by atomic mass is 10.1. The van der Waals surface area contributed by atoms with Crippen LogP contribution >= 0.6 is 0 Å². The van der Waals surface area contributed by atoms with Crippen LogP contribution < -0.4 is 20.3 Å². The number of benzene rings is 3. The van der Waals surface area contributed by atoms with Crippen LogP contribution in [0.25, 0.3) is 0 Å². The van der Waals surface area contributed by atoms with E-state index in [1.165, 1.54) is 0 Å². The molecule has 4 amide bonds. The Morgan fingerprint density at radius 2 is 1.38 bits per heavy atom. The average Bonchev–Trinajstić information content (AvgIpc) is 3.53. The van der Waals surface area contributed by atoms with Crippen molar-refractivity contribution in [2.45, 2.75) is 19.8 Å². The fraction of sp³-hybridized carbons (Fsp3) is 0.323. The van der Waals surface area contributed by atoms with E-state index in [0.717, 1.165) is 42.9 Å². The van der Waals surface area contributed by atoms with E-state index >= 15 is 0 Å². The monoisotopic (exact) mass is 541 g/mol. The SMILES string of the molecule is COc1ccc(C(=O)Nc2ccc(N3CCN(C(=O)Nc4ccc(C)cc4)CC3)c(C(=O)N3CCCC3)c2)cc1. The van der Waals surface area contributed by atoms with Crippen LogP contribution in [0.3, 0.4) is 0 Å². The minimum atomic E-state index is -0.261. The number of nitrogens with one attached hydrogen (secondary N) is 2. The maximum atomic E-state index is 13.6. The predicted octanol–water partition coefficient (Wildman–Crippen LogP) is 4.85. The molecule has 0 saturated carbocycles. The number of hydrogen-bond donors (Lipinski definition) is 2. The second kappa shape index (κ2) is 12.1. The number of hydrogen-bond acceptors (Lipinski definition) is 5. The molecule has 0 atom stereocenters. The summed E-state index contributed by atoms with van der Waals surface area (Å²) in [6, 6.07) is 20.0. The molecule has 9 nitrogen and oxygen atoms in total. The zero-order chi connectivity index (χ0) is 28.1. The van der Waals surface area contributed by atoms with Crippen molar-refractivity contribution in [2.24, 2.45) is 0 Å². The summed E-state index contributed by atoms with van der Waals surface area (Å²) in [4.78, 5) is 45.1. The van der Waals surface area contributed by atoms with Gasteiger partial charge in [-0.05, 0) is 74.4 Å². The molecule has 0 aromatic heterocycles. The Hall–Kier alpha value is -4.53. The van der Waals surface area contributed by atoms with Gasteiger partial charge < -0.3 is 30.1 Å². The Morgan fingerprint density at radius 3 is 2.02 bits per heavy atom. The van der Waals surface area contributed by atoms with Crippen molar-refractivity contribution in [1.82, 2.24) is 9.80 Å². The molecule has 208 valence electrons. The number of anilines is 3. The van der Waals surface area contributed by atoms with E-state index in [0.29, 0.717) is 48.7 Å². The van der Waals surface area contributed by atoms with Gasteiger partial charge >= 0.3 is 6.03 Å². The molecule has 0 aliphatic carbocycles. The number of aryl methyl sites for hydroxylation is 1. The first-order valence-electron chi connectivity index (χ1n) is 13.7. The summed E-state index contributed by atoms with van der Waals surface area (Å²) in [5.41, 5.74) is 4.34. The van der Waals surface area contributed by atoms with Gasteiger partial charge in [0.05, 0.1) is 12.7 Å². The normalized spacial score (nSPS) is 15.1. The van der Waals surface area contributed by atoms with Gasteiger partial charge in [-0.15, -0.1) is 0 Å². The number of methoxy groups -OCH3 is 1. The summed E-state index contributed by atoms with van der Waals surface area (Å²) in [6.07, 6.45) is 1.98. The first-order valence-corrected chi connectivity index (χ1v) is 13.7. The van der Waals surface area contributed by atoms with Crippen molar-refractivity contribution in [3.05, 3.63) is 83.4 Å². The third-order valence-corrected chi connectivity index (χ3v) is 7.44. The molecule has 3 aromatic carbocycles. The summed E-state index contributed by atoms with van der Waals surface area (Å²) < 4.78 is 5.18. The maximum Gasteiger partial charge on any atom is 0.321 e. The van der Waals surface area contributed by atoms with Crippen molar-refractivity contribution >= 4 is 34.9 Å². The van der Waals surface area contributed by atoms with E-state index in [1.54, 1.807) is 42.3 Å². The third kappa shape index (κ3) is 6.20. The molecule has 2 saturated heterocycles. The van der Waals surface area contributed by atoms with Gasteiger partial charge in [0.1, 0.15) is 5.75 Å². The van der Waals surface area contributed by atoms with Crippen molar-refractivity contribution < 1.29 is 19.1 Å². The van der Waals surface area contributed by atoms with Crippen LogP contribution in [0.15, 0.2) is 66.7 Å². The summed E-state index contributed by atoms with van der Waals surface area (Å²) in [7, 11) is 1.58. The zero-order valence-corrected chi connectivity index (χ0v) is 23.0. The molecule has 2 N–H and O–H groups in total. The van der Waals surface area contributed by atoms with Gasteiger partial charge in [0.15, 0.2) is 0 Å². The van der Waals surface area contributed by atoms with Gasteiger partial charge in [-0.3, -0.25) is 9.59 Å². The van der Waals surface area contributed by atoms with Crippen LogP contribution in [0.2, 0.25) is 0 Å². The van der Waals surface area contributed by atoms with Gasteiger partial charge in [-0.25, -0.2) is 4.79 Å². The van der Waals surface area contributed by atoms with Crippen LogP contribution in [0.4, 0.5) is 21.9 Å². The number of carbonyl (C=O) groups is 3. The Balaban J connectivity index is 1.30. The molecular weight excluding hydrogens is 506 g/mol. The number of piperazine rings is 1. The van der Waals surface area contributed by atoms with Crippen LogP contribution in [0, 0.1) is 6.92 Å². The summed E-state index contributed by atoms with van der Waals surface area (Å²) in [6.45, 7) is 5.73. The number of carbonyl (C=O) groups excluding carboxylic acids is 3. The number of urea groups is 1. The molecule has 2 fully saturated rings. The van der Waals surface area contributed by atoms with Crippen LogP contribution in [-0.4, -0.2) is 74.0 Å². The van der Waals surface area contributed by atoms with E-state index in [-0.39, 0.29) is 17.8 Å². The highest BCUT2D eigenvalue weighted by atomic mass is 16.5. The van der Waals surface area contributed by atoms with Gasteiger partial charge in [0.2, 0.25) is 0 Å². The highest BCUT2D eigenvalue weighted by molar-refractivity contribution is 6.06. The summed E-state index contributed by atoms with van der Waals surface area (Å²) >= 11 is 0. The third-order valence-electron chi connectivity index (χ3n) is 7.44. The van der Waals surface area contributed by atoms with Crippen molar-refractivity contribution in [1.29, 1.82) is 0 Å². The molecule has 0 spiro atoms. The fourth-order valence-electron chi connectivity index (χ4n) is 5.09. The number of ether oxygens (including phenoxy) is 1.